The number of aromatic nitrogens is 1. The maximum absolute atomic E-state index is 12.3. The number of hydrogen-bond acceptors (Lipinski definition) is 5. The summed E-state index contributed by atoms with van der Waals surface area (Å²) >= 11 is 6.83. The van der Waals surface area contributed by atoms with Crippen molar-refractivity contribution in [2.24, 2.45) is 5.92 Å². The number of halogens is 2. The molecule has 1 aromatic carbocycles. The summed E-state index contributed by atoms with van der Waals surface area (Å²) in [5.41, 5.74) is 0.582. The number of rotatable bonds is 5. The summed E-state index contributed by atoms with van der Waals surface area (Å²) in [6.45, 7) is 4.14. The van der Waals surface area contributed by atoms with Crippen molar-refractivity contribution < 1.29 is 14.3 Å². The number of carbonyl (C=O) groups is 1. The molecule has 1 saturated heterocycles. The number of piperidine rings is 1. The number of fused-ring (bicyclic) bond motifs is 1. The molecule has 154 valence electrons. The van der Waals surface area contributed by atoms with Gasteiger partial charge in [0.25, 0.3) is 5.91 Å². The molecule has 2 aromatic rings. The van der Waals surface area contributed by atoms with Crippen LogP contribution >= 0.6 is 31.9 Å². The minimum atomic E-state index is -0.0705. The first-order valence-corrected chi connectivity index (χ1v) is 11.4. The third kappa shape index (κ3) is 5.49. The van der Waals surface area contributed by atoms with Gasteiger partial charge in [-0.2, -0.15) is 0 Å². The van der Waals surface area contributed by atoms with Crippen molar-refractivity contribution in [1.82, 2.24) is 15.2 Å². The van der Waals surface area contributed by atoms with Crippen molar-refractivity contribution in [3.05, 3.63) is 51.2 Å². The molecule has 6 nitrogen and oxygen atoms in total. The van der Waals surface area contributed by atoms with Gasteiger partial charge >= 0.3 is 0 Å². The number of likely N-dealkylation sites (tertiary alicyclic amines) is 1. The molecular formula is C21H23Br2N3O3. The number of amides is 1. The van der Waals surface area contributed by atoms with Gasteiger partial charge in [-0.15, -0.1) is 0 Å². The molecule has 0 spiro atoms. The zero-order valence-electron chi connectivity index (χ0n) is 15.9. The van der Waals surface area contributed by atoms with E-state index in [0.717, 1.165) is 52.9 Å². The lowest BCUT2D eigenvalue weighted by atomic mass is 9.96. The summed E-state index contributed by atoms with van der Waals surface area (Å²) in [6.07, 6.45) is 5.42. The molecule has 4 rings (SSSR count). The molecular weight excluding hydrogens is 502 g/mol. The second kappa shape index (κ2) is 9.45. The van der Waals surface area contributed by atoms with Gasteiger partial charge in [-0.25, -0.2) is 0 Å². The average molecular weight is 525 g/mol. The fourth-order valence-electron chi connectivity index (χ4n) is 3.72. The molecule has 29 heavy (non-hydrogen) atoms. The summed E-state index contributed by atoms with van der Waals surface area (Å²) in [4.78, 5) is 18.7. The Balaban J connectivity index is 1.20. The van der Waals surface area contributed by atoms with Crippen LogP contribution in [0.2, 0.25) is 0 Å². The highest BCUT2D eigenvalue weighted by atomic mass is 79.9. The Kier molecular flexibility index (Phi) is 6.72. The van der Waals surface area contributed by atoms with E-state index in [-0.39, 0.29) is 12.0 Å². The van der Waals surface area contributed by atoms with Gasteiger partial charge in [-0.05, 0) is 72.0 Å². The predicted octanol–water partition coefficient (Wildman–Crippen LogP) is 3.89. The van der Waals surface area contributed by atoms with Gasteiger partial charge in [-0.3, -0.25) is 14.7 Å². The molecule has 2 aliphatic rings. The Morgan fingerprint density at radius 1 is 1.14 bits per heavy atom. The summed E-state index contributed by atoms with van der Waals surface area (Å²) in [7, 11) is 0. The molecule has 8 heteroatoms. The topological polar surface area (TPSA) is 63.7 Å². The molecule has 0 saturated carbocycles. The molecule has 0 aliphatic carbocycles. The van der Waals surface area contributed by atoms with Crippen LogP contribution in [0.1, 0.15) is 23.2 Å². The number of nitrogens with zero attached hydrogens (tertiary/aromatic N) is 2. The van der Waals surface area contributed by atoms with E-state index in [1.54, 1.807) is 18.5 Å². The molecule has 1 amide bonds. The zero-order valence-corrected chi connectivity index (χ0v) is 19.1. The third-order valence-corrected chi connectivity index (χ3v) is 6.24. The number of hydrogen-bond donors (Lipinski definition) is 1. The second-order valence-electron chi connectivity index (χ2n) is 7.49. The van der Waals surface area contributed by atoms with Crippen LogP contribution in [0.5, 0.6) is 11.5 Å². The van der Waals surface area contributed by atoms with E-state index in [1.165, 1.54) is 0 Å². The first-order chi connectivity index (χ1) is 14.1. The lowest BCUT2D eigenvalue weighted by Crippen LogP contribution is -2.45. The molecule has 1 atom stereocenters. The summed E-state index contributed by atoms with van der Waals surface area (Å²) in [6, 6.07) is 7.63. The number of nitrogens with one attached hydrogen (secondary N) is 1. The number of pyridine rings is 1. The van der Waals surface area contributed by atoms with E-state index >= 15 is 0 Å². The van der Waals surface area contributed by atoms with Gasteiger partial charge in [-0.1, -0.05) is 15.9 Å². The number of benzene rings is 1. The Hall–Kier alpha value is -1.64. The number of carbonyl (C=O) groups excluding carboxylic acids is 1. The van der Waals surface area contributed by atoms with Crippen LogP contribution in [0.25, 0.3) is 0 Å². The lowest BCUT2D eigenvalue weighted by Gasteiger charge is -2.35. The fourth-order valence-corrected chi connectivity index (χ4v) is 4.42. The van der Waals surface area contributed by atoms with Crippen molar-refractivity contribution in [2.45, 2.75) is 18.9 Å². The lowest BCUT2D eigenvalue weighted by molar-refractivity contribution is 0.0476. The molecule has 3 heterocycles. The third-order valence-electron chi connectivity index (χ3n) is 5.31. The second-order valence-corrected chi connectivity index (χ2v) is 9.32. The van der Waals surface area contributed by atoms with Crippen molar-refractivity contribution in [3.63, 3.8) is 0 Å². The Morgan fingerprint density at radius 3 is 2.76 bits per heavy atom. The average Bonchev–Trinajstić information content (AvgIpc) is 2.73. The van der Waals surface area contributed by atoms with E-state index in [0.29, 0.717) is 24.6 Å². The Labute approximate surface area is 187 Å². The molecule has 0 bridgehead atoms. The van der Waals surface area contributed by atoms with Gasteiger partial charge in [0, 0.05) is 34.4 Å². The van der Waals surface area contributed by atoms with Crippen molar-refractivity contribution >= 4 is 37.8 Å². The van der Waals surface area contributed by atoms with Crippen LogP contribution in [0.3, 0.4) is 0 Å². The molecule has 2 aliphatic heterocycles. The van der Waals surface area contributed by atoms with E-state index in [2.05, 4.69) is 47.1 Å². The fraction of sp³-hybridized carbons (Fsp3) is 0.429. The van der Waals surface area contributed by atoms with Gasteiger partial charge in [0.1, 0.15) is 12.7 Å². The molecule has 1 aromatic heterocycles. The van der Waals surface area contributed by atoms with Crippen molar-refractivity contribution in [1.29, 1.82) is 0 Å². The maximum atomic E-state index is 12.3. The number of ether oxygens (including phenoxy) is 2. The standard InChI is InChI=1S/C21H23Br2N3O3/c22-16-1-2-19-20(8-16)29-18(13-28-19)12-26-5-3-14(4-6-26)9-25-21(27)15-7-17(23)11-24-10-15/h1-2,7-8,10-11,14,18H,3-6,9,12-13H2,(H,25,27). The zero-order chi connectivity index (χ0) is 20.2. The monoisotopic (exact) mass is 523 g/mol. The highest BCUT2D eigenvalue weighted by molar-refractivity contribution is 9.10. The van der Waals surface area contributed by atoms with Gasteiger partial charge in [0.05, 0.1) is 5.56 Å². The van der Waals surface area contributed by atoms with Gasteiger partial charge in [0.2, 0.25) is 0 Å². The molecule has 0 radical (unpaired) electrons. The molecule has 1 fully saturated rings. The van der Waals surface area contributed by atoms with E-state index < -0.39 is 0 Å². The van der Waals surface area contributed by atoms with Crippen LogP contribution in [0.15, 0.2) is 45.6 Å². The normalized spacial score (nSPS) is 19.7. The van der Waals surface area contributed by atoms with Gasteiger partial charge in [0.15, 0.2) is 11.5 Å². The Morgan fingerprint density at radius 2 is 1.97 bits per heavy atom. The highest BCUT2D eigenvalue weighted by Gasteiger charge is 2.26. The molecule has 1 unspecified atom stereocenters. The molecule has 1 N–H and O–H groups in total. The summed E-state index contributed by atoms with van der Waals surface area (Å²) < 4.78 is 13.8. The quantitative estimate of drug-likeness (QED) is 0.643. The maximum Gasteiger partial charge on any atom is 0.252 e. The van der Waals surface area contributed by atoms with E-state index in [9.17, 15) is 4.79 Å². The largest absolute Gasteiger partial charge is 0.486 e. The minimum absolute atomic E-state index is 0.0390. The summed E-state index contributed by atoms with van der Waals surface area (Å²) in [5.74, 6) is 2.03. The van der Waals surface area contributed by atoms with Crippen molar-refractivity contribution in [3.8, 4) is 11.5 Å². The minimum Gasteiger partial charge on any atom is -0.486 e. The van der Waals surface area contributed by atoms with Crippen LogP contribution < -0.4 is 14.8 Å². The smallest absolute Gasteiger partial charge is 0.252 e. The predicted molar refractivity (Wildman–Crippen MR) is 117 cm³/mol. The van der Waals surface area contributed by atoms with Crippen LogP contribution in [-0.4, -0.2) is 54.7 Å². The SMILES string of the molecule is O=C(NCC1CCN(CC2COc3ccc(Br)cc3O2)CC1)c1cncc(Br)c1. The van der Waals surface area contributed by atoms with Crippen LogP contribution in [0, 0.1) is 5.92 Å². The van der Waals surface area contributed by atoms with E-state index in [4.69, 9.17) is 9.47 Å². The summed E-state index contributed by atoms with van der Waals surface area (Å²) in [5, 5.41) is 3.04. The highest BCUT2D eigenvalue weighted by Crippen LogP contribution is 2.34. The van der Waals surface area contributed by atoms with Gasteiger partial charge < -0.3 is 14.8 Å². The van der Waals surface area contributed by atoms with E-state index in [1.807, 2.05) is 18.2 Å². The first kappa shape index (κ1) is 20.6. The Bertz CT molecular complexity index is 872. The van der Waals surface area contributed by atoms with Crippen LogP contribution in [-0.2, 0) is 0 Å². The first-order valence-electron chi connectivity index (χ1n) is 9.77. The van der Waals surface area contributed by atoms with Crippen LogP contribution in [0.4, 0.5) is 0 Å². The van der Waals surface area contributed by atoms with Crippen molar-refractivity contribution in [2.75, 3.05) is 32.8 Å².